The fourth-order valence-electron chi connectivity index (χ4n) is 8.46. The molecule has 0 heterocycles. The van der Waals surface area contributed by atoms with Crippen LogP contribution in [0.25, 0.3) is 0 Å². The van der Waals surface area contributed by atoms with Crippen LogP contribution in [0.15, 0.2) is 109 Å². The summed E-state index contributed by atoms with van der Waals surface area (Å²) in [4.78, 5) is 38.1. The van der Waals surface area contributed by atoms with E-state index >= 15 is 0 Å². The Hall–Kier alpha value is -3.93. The van der Waals surface area contributed by atoms with Crippen LogP contribution in [0.1, 0.15) is 284 Å². The summed E-state index contributed by atoms with van der Waals surface area (Å²) in [5.41, 5.74) is 0. The summed E-state index contributed by atoms with van der Waals surface area (Å²) < 4.78 is 16.8. The van der Waals surface area contributed by atoms with Crippen LogP contribution in [0.3, 0.4) is 0 Å². The molecule has 422 valence electrons. The van der Waals surface area contributed by atoms with E-state index in [-0.39, 0.29) is 31.1 Å². The summed E-state index contributed by atoms with van der Waals surface area (Å²) >= 11 is 0. The highest BCUT2D eigenvalue weighted by Crippen LogP contribution is 2.16. The first kappa shape index (κ1) is 70.1. The van der Waals surface area contributed by atoms with E-state index in [1.165, 1.54) is 122 Å². The zero-order valence-corrected chi connectivity index (χ0v) is 48.3. The zero-order valence-electron chi connectivity index (χ0n) is 48.3. The maximum Gasteiger partial charge on any atom is 0.306 e. The maximum absolute atomic E-state index is 12.9. The Morgan fingerprint density at radius 1 is 0.284 bits per heavy atom. The first-order valence-corrected chi connectivity index (χ1v) is 30.9. The van der Waals surface area contributed by atoms with E-state index in [9.17, 15) is 14.4 Å². The largest absolute Gasteiger partial charge is 0.462 e. The van der Waals surface area contributed by atoms with Gasteiger partial charge in [-0.1, -0.05) is 271 Å². The Morgan fingerprint density at radius 2 is 0.527 bits per heavy atom. The highest BCUT2D eigenvalue weighted by atomic mass is 16.6. The molecule has 0 rings (SSSR count). The van der Waals surface area contributed by atoms with Gasteiger partial charge in [-0.25, -0.2) is 0 Å². The molecule has 0 radical (unpaired) electrons. The number of carbonyl (C=O) groups is 3. The monoisotopic (exact) mass is 1030 g/mol. The summed E-state index contributed by atoms with van der Waals surface area (Å²) in [6, 6.07) is 0. The van der Waals surface area contributed by atoms with Gasteiger partial charge in [0.1, 0.15) is 13.2 Å². The molecule has 6 nitrogen and oxygen atoms in total. The van der Waals surface area contributed by atoms with Gasteiger partial charge in [-0.2, -0.15) is 0 Å². The van der Waals surface area contributed by atoms with Crippen molar-refractivity contribution in [3.05, 3.63) is 109 Å². The number of allylic oxidation sites excluding steroid dienone is 18. The number of hydrogen-bond acceptors (Lipinski definition) is 6. The van der Waals surface area contributed by atoms with Gasteiger partial charge >= 0.3 is 17.9 Å². The minimum Gasteiger partial charge on any atom is -0.462 e. The van der Waals surface area contributed by atoms with Crippen molar-refractivity contribution in [1.29, 1.82) is 0 Å². The van der Waals surface area contributed by atoms with E-state index < -0.39 is 6.10 Å². The number of esters is 3. The number of hydrogen-bond donors (Lipinski definition) is 0. The SMILES string of the molecule is CC/C=C\C/C=C\C/C=C\C/C=C\C/C=C\CCCCCCCCCCCCCC(=O)OCC(COC(=O)CCCCCCCCCC)OC(=O)CCCCCCCCCC/C=C\C/C=C\C/C=C\C/C=C\CC. The first-order valence-electron chi connectivity index (χ1n) is 30.9. The second kappa shape index (κ2) is 61.6. The number of ether oxygens (including phenoxy) is 3. The molecule has 0 spiro atoms. The minimum absolute atomic E-state index is 0.0811. The Balaban J connectivity index is 4.21. The van der Waals surface area contributed by atoms with E-state index in [0.717, 1.165) is 122 Å². The zero-order chi connectivity index (χ0) is 53.6. The molecule has 1 unspecified atom stereocenters. The predicted octanol–water partition coefficient (Wildman–Crippen LogP) is 21.0. The molecule has 0 aromatic rings. The van der Waals surface area contributed by atoms with E-state index in [1.807, 2.05) is 0 Å². The maximum atomic E-state index is 12.9. The van der Waals surface area contributed by atoms with E-state index in [0.29, 0.717) is 19.3 Å². The molecule has 0 amide bonds. The van der Waals surface area contributed by atoms with Crippen LogP contribution in [0, 0.1) is 0 Å². The molecule has 6 heteroatoms. The van der Waals surface area contributed by atoms with Gasteiger partial charge < -0.3 is 14.2 Å². The van der Waals surface area contributed by atoms with Crippen LogP contribution in [-0.2, 0) is 28.6 Å². The van der Waals surface area contributed by atoms with Crippen LogP contribution in [0.4, 0.5) is 0 Å². The molecule has 0 aromatic carbocycles. The normalized spacial score (nSPS) is 12.9. The summed E-state index contributed by atoms with van der Waals surface area (Å²) in [5.74, 6) is -0.892. The lowest BCUT2D eigenvalue weighted by atomic mass is 10.0. The van der Waals surface area contributed by atoms with E-state index in [2.05, 4.69) is 130 Å². The van der Waals surface area contributed by atoms with Crippen LogP contribution >= 0.6 is 0 Å². The van der Waals surface area contributed by atoms with Gasteiger partial charge in [0.2, 0.25) is 0 Å². The van der Waals surface area contributed by atoms with Gasteiger partial charge in [-0.05, 0) is 103 Å². The average Bonchev–Trinajstić information content (AvgIpc) is 3.40. The van der Waals surface area contributed by atoms with E-state index in [4.69, 9.17) is 14.2 Å². The third-order valence-corrected chi connectivity index (χ3v) is 13.0. The average molecular weight is 1030 g/mol. The molecule has 0 aliphatic rings. The standard InChI is InChI=1S/C68H114O6/c1-4-7-10-13-16-19-21-23-25-27-29-31-32-33-34-35-36-38-39-41-43-45-47-49-52-55-58-61-67(70)73-64-65(63-72-66(69)60-57-54-51-18-15-12-9-6-3)74-68(71)62-59-56-53-50-48-46-44-42-40-37-30-28-26-24-22-20-17-14-11-8-5-2/h7-8,10-11,16-17,19-20,23-26,29-31,33-34,37,65H,4-6,9,12-15,18,21-22,27-28,32,35-36,38-64H2,1-3H3/b10-7-,11-8-,19-16-,20-17-,25-23-,26-24-,31-29-,34-33-,37-30-. The van der Waals surface area contributed by atoms with Crippen molar-refractivity contribution in [3.63, 3.8) is 0 Å². The van der Waals surface area contributed by atoms with E-state index in [1.54, 1.807) is 0 Å². The van der Waals surface area contributed by atoms with Gasteiger partial charge in [-0.15, -0.1) is 0 Å². The third kappa shape index (κ3) is 59.0. The molecular formula is C68H114O6. The Labute approximate surface area is 457 Å². The lowest BCUT2D eigenvalue weighted by Gasteiger charge is -2.18. The predicted molar refractivity (Wildman–Crippen MR) is 320 cm³/mol. The summed E-state index contributed by atoms with van der Waals surface area (Å²) in [6.45, 7) is 6.39. The smallest absolute Gasteiger partial charge is 0.306 e. The van der Waals surface area contributed by atoms with Crippen molar-refractivity contribution >= 4 is 17.9 Å². The fourth-order valence-corrected chi connectivity index (χ4v) is 8.46. The van der Waals surface area contributed by atoms with Gasteiger partial charge in [0.15, 0.2) is 6.10 Å². The molecule has 0 saturated heterocycles. The second-order valence-corrected chi connectivity index (χ2v) is 20.2. The van der Waals surface area contributed by atoms with Crippen molar-refractivity contribution in [2.24, 2.45) is 0 Å². The Bertz CT molecular complexity index is 1510. The molecule has 0 aliphatic heterocycles. The van der Waals surface area contributed by atoms with Gasteiger partial charge in [-0.3, -0.25) is 14.4 Å². The second-order valence-electron chi connectivity index (χ2n) is 20.2. The molecular weight excluding hydrogens is 913 g/mol. The molecule has 0 saturated carbocycles. The number of rotatable bonds is 55. The number of carbonyl (C=O) groups excluding carboxylic acids is 3. The van der Waals surface area contributed by atoms with Crippen LogP contribution in [0.5, 0.6) is 0 Å². The molecule has 0 aliphatic carbocycles. The highest BCUT2D eigenvalue weighted by Gasteiger charge is 2.19. The van der Waals surface area contributed by atoms with Gasteiger partial charge in [0, 0.05) is 19.3 Å². The van der Waals surface area contributed by atoms with Crippen molar-refractivity contribution in [1.82, 2.24) is 0 Å². The number of unbranched alkanes of at least 4 members (excludes halogenated alkanes) is 26. The van der Waals surface area contributed by atoms with Crippen molar-refractivity contribution in [3.8, 4) is 0 Å². The van der Waals surface area contributed by atoms with Crippen molar-refractivity contribution in [2.45, 2.75) is 290 Å². The first-order chi connectivity index (χ1) is 36.5. The highest BCUT2D eigenvalue weighted by molar-refractivity contribution is 5.71. The van der Waals surface area contributed by atoms with Crippen molar-refractivity contribution < 1.29 is 28.6 Å². The van der Waals surface area contributed by atoms with Gasteiger partial charge in [0.05, 0.1) is 0 Å². The van der Waals surface area contributed by atoms with Crippen LogP contribution in [0.2, 0.25) is 0 Å². The summed E-state index contributed by atoms with van der Waals surface area (Å²) in [7, 11) is 0. The lowest BCUT2D eigenvalue weighted by Crippen LogP contribution is -2.30. The Kier molecular flexibility index (Phi) is 58.3. The quantitative estimate of drug-likeness (QED) is 0.0261. The fraction of sp³-hybridized carbons (Fsp3) is 0.691. The molecule has 0 N–H and O–H groups in total. The third-order valence-electron chi connectivity index (χ3n) is 13.0. The topological polar surface area (TPSA) is 78.9 Å². The Morgan fingerprint density at radius 3 is 0.824 bits per heavy atom. The van der Waals surface area contributed by atoms with Gasteiger partial charge in [0.25, 0.3) is 0 Å². The molecule has 0 aromatic heterocycles. The van der Waals surface area contributed by atoms with Crippen LogP contribution < -0.4 is 0 Å². The molecule has 1 atom stereocenters. The lowest BCUT2D eigenvalue weighted by molar-refractivity contribution is -0.167. The minimum atomic E-state index is -0.783. The molecule has 0 bridgehead atoms. The summed E-state index contributed by atoms with van der Waals surface area (Å²) in [5, 5.41) is 0. The van der Waals surface area contributed by atoms with Crippen LogP contribution in [-0.4, -0.2) is 37.2 Å². The van der Waals surface area contributed by atoms with Crippen molar-refractivity contribution in [2.75, 3.05) is 13.2 Å². The summed E-state index contributed by atoms with van der Waals surface area (Å²) in [6.07, 6.45) is 83.9. The molecule has 74 heavy (non-hydrogen) atoms. The molecule has 0 fully saturated rings.